The van der Waals surface area contributed by atoms with E-state index in [0.717, 1.165) is 21.8 Å². The van der Waals surface area contributed by atoms with Gasteiger partial charge in [-0.15, -0.1) is 11.3 Å². The van der Waals surface area contributed by atoms with Gasteiger partial charge >= 0.3 is 0 Å². The van der Waals surface area contributed by atoms with Crippen molar-refractivity contribution in [1.82, 2.24) is 19.5 Å². The van der Waals surface area contributed by atoms with E-state index in [1.54, 1.807) is 18.3 Å². The third-order valence-corrected chi connectivity index (χ3v) is 6.24. The van der Waals surface area contributed by atoms with Gasteiger partial charge in [0.2, 0.25) is 0 Å². The molecule has 5 nitrogen and oxygen atoms in total. The molecule has 3 aromatic heterocycles. The van der Waals surface area contributed by atoms with Gasteiger partial charge < -0.3 is 9.55 Å². The molecule has 0 saturated carbocycles. The summed E-state index contributed by atoms with van der Waals surface area (Å²) in [6, 6.07) is 16.3. The molecule has 7 heteroatoms. The molecule has 0 aliphatic rings. The number of hydrogen-bond acceptors (Lipinski definition) is 4. The molecule has 31 heavy (non-hydrogen) atoms. The molecule has 5 rings (SSSR count). The SMILES string of the molecule is Cc1sc2nc(Cc3nccn3Cc3ccccc3)[nH]c(=O)c2c1-c1ccc(F)cc1. The topological polar surface area (TPSA) is 63.6 Å². The van der Waals surface area contributed by atoms with Gasteiger partial charge in [0.15, 0.2) is 0 Å². The van der Waals surface area contributed by atoms with E-state index in [1.807, 2.05) is 31.3 Å². The molecule has 0 amide bonds. The van der Waals surface area contributed by atoms with Crippen LogP contribution < -0.4 is 5.56 Å². The Morgan fingerprint density at radius 3 is 2.65 bits per heavy atom. The number of nitrogens with zero attached hydrogens (tertiary/aromatic N) is 3. The lowest BCUT2D eigenvalue weighted by Crippen LogP contribution is -2.14. The highest BCUT2D eigenvalue weighted by Gasteiger charge is 2.17. The minimum Gasteiger partial charge on any atom is -0.330 e. The molecule has 154 valence electrons. The van der Waals surface area contributed by atoms with E-state index in [1.165, 1.54) is 29.0 Å². The Morgan fingerprint density at radius 2 is 1.87 bits per heavy atom. The average molecular weight is 431 g/mol. The van der Waals surface area contributed by atoms with Crippen molar-refractivity contribution >= 4 is 21.6 Å². The van der Waals surface area contributed by atoms with Gasteiger partial charge in [-0.25, -0.2) is 14.4 Å². The largest absolute Gasteiger partial charge is 0.330 e. The third kappa shape index (κ3) is 3.80. The summed E-state index contributed by atoms with van der Waals surface area (Å²) in [7, 11) is 0. The summed E-state index contributed by atoms with van der Waals surface area (Å²) in [5.74, 6) is 1.10. The summed E-state index contributed by atoms with van der Waals surface area (Å²) >= 11 is 1.47. The first-order valence-electron chi connectivity index (χ1n) is 9.90. The fraction of sp³-hybridized carbons (Fsp3) is 0.125. The van der Waals surface area contributed by atoms with Gasteiger partial charge in [0.25, 0.3) is 5.56 Å². The Labute approximate surface area is 181 Å². The van der Waals surface area contributed by atoms with Crippen LogP contribution in [-0.2, 0) is 13.0 Å². The summed E-state index contributed by atoms with van der Waals surface area (Å²) in [5, 5.41) is 0.547. The monoisotopic (exact) mass is 430 g/mol. The molecule has 0 fully saturated rings. The number of aromatic amines is 1. The van der Waals surface area contributed by atoms with Crippen LogP contribution >= 0.6 is 11.3 Å². The van der Waals surface area contributed by atoms with E-state index in [4.69, 9.17) is 4.98 Å². The van der Waals surface area contributed by atoms with E-state index in [2.05, 4.69) is 26.7 Å². The minimum atomic E-state index is -0.304. The lowest BCUT2D eigenvalue weighted by molar-refractivity contribution is 0.628. The first kappa shape index (κ1) is 19.4. The summed E-state index contributed by atoms with van der Waals surface area (Å²) in [6.07, 6.45) is 4.12. The summed E-state index contributed by atoms with van der Waals surface area (Å²) in [6.45, 7) is 2.66. The number of halogens is 1. The van der Waals surface area contributed by atoms with Gasteiger partial charge in [0.05, 0.1) is 11.8 Å². The molecule has 0 unspecified atom stereocenters. The number of H-pyrrole nitrogens is 1. The zero-order valence-corrected chi connectivity index (χ0v) is 17.6. The molecule has 1 N–H and O–H groups in total. The summed E-state index contributed by atoms with van der Waals surface area (Å²) in [4.78, 5) is 26.8. The van der Waals surface area contributed by atoms with Crippen molar-refractivity contribution in [1.29, 1.82) is 0 Å². The Morgan fingerprint density at radius 1 is 1.10 bits per heavy atom. The van der Waals surface area contributed by atoms with Crippen LogP contribution in [0.25, 0.3) is 21.3 Å². The van der Waals surface area contributed by atoms with Crippen molar-refractivity contribution in [2.75, 3.05) is 0 Å². The van der Waals surface area contributed by atoms with Crippen LogP contribution in [0.15, 0.2) is 71.8 Å². The molecule has 0 aliphatic heterocycles. The Hall–Kier alpha value is -3.58. The molecule has 2 aromatic carbocycles. The number of fused-ring (bicyclic) bond motifs is 1. The molecular formula is C24H19FN4OS. The number of benzene rings is 2. The third-order valence-electron chi connectivity index (χ3n) is 5.24. The smallest absolute Gasteiger partial charge is 0.260 e. The number of thiophene rings is 1. The summed E-state index contributed by atoms with van der Waals surface area (Å²) in [5.41, 5.74) is 2.61. The number of rotatable bonds is 5. The minimum absolute atomic E-state index is 0.190. The normalized spacial score (nSPS) is 11.3. The predicted molar refractivity (Wildman–Crippen MR) is 121 cm³/mol. The van der Waals surface area contributed by atoms with Crippen molar-refractivity contribution in [3.8, 4) is 11.1 Å². The van der Waals surface area contributed by atoms with Gasteiger partial charge in [-0.3, -0.25) is 4.79 Å². The van der Waals surface area contributed by atoms with Gasteiger partial charge in [0, 0.05) is 29.4 Å². The van der Waals surface area contributed by atoms with E-state index in [0.29, 0.717) is 29.0 Å². The molecular weight excluding hydrogens is 411 g/mol. The van der Waals surface area contributed by atoms with Crippen LogP contribution in [0, 0.1) is 12.7 Å². The standard InChI is InChI=1S/C24H19FN4OS/c1-15-21(17-7-9-18(25)10-8-17)22-23(30)27-19(28-24(22)31-15)13-20-26-11-12-29(20)14-16-5-3-2-4-6-16/h2-12H,13-14H2,1H3,(H,27,28,30). The second-order valence-corrected chi connectivity index (χ2v) is 8.57. The lowest BCUT2D eigenvalue weighted by atomic mass is 10.0. The van der Waals surface area contributed by atoms with Gasteiger partial charge in [0.1, 0.15) is 22.3 Å². The zero-order chi connectivity index (χ0) is 21.4. The lowest BCUT2D eigenvalue weighted by Gasteiger charge is -2.08. The van der Waals surface area contributed by atoms with E-state index in [9.17, 15) is 9.18 Å². The highest BCUT2D eigenvalue weighted by atomic mass is 32.1. The fourth-order valence-electron chi connectivity index (χ4n) is 3.79. The van der Waals surface area contributed by atoms with Gasteiger partial charge in [-0.2, -0.15) is 0 Å². The number of nitrogens with one attached hydrogen (secondary N) is 1. The Balaban J connectivity index is 1.50. The number of aryl methyl sites for hydroxylation is 1. The molecule has 0 radical (unpaired) electrons. The maximum atomic E-state index is 13.3. The molecule has 5 aromatic rings. The Bertz CT molecular complexity index is 1420. The summed E-state index contributed by atoms with van der Waals surface area (Å²) < 4.78 is 15.4. The van der Waals surface area contributed by atoms with Crippen LogP contribution in [0.2, 0.25) is 0 Å². The number of aromatic nitrogens is 4. The molecule has 0 bridgehead atoms. The molecule has 0 saturated heterocycles. The van der Waals surface area contributed by atoms with E-state index in [-0.39, 0.29) is 11.4 Å². The molecule has 0 spiro atoms. The van der Waals surface area contributed by atoms with Crippen molar-refractivity contribution in [3.05, 3.63) is 105 Å². The second-order valence-electron chi connectivity index (χ2n) is 7.37. The van der Waals surface area contributed by atoms with E-state index < -0.39 is 0 Å². The van der Waals surface area contributed by atoms with Crippen molar-refractivity contribution < 1.29 is 4.39 Å². The predicted octanol–water partition coefficient (Wildman–Crippen LogP) is 4.93. The molecule has 3 heterocycles. The number of hydrogen-bond donors (Lipinski definition) is 1. The van der Waals surface area contributed by atoms with E-state index >= 15 is 0 Å². The molecule has 0 aliphatic carbocycles. The van der Waals surface area contributed by atoms with Crippen LogP contribution in [0.3, 0.4) is 0 Å². The van der Waals surface area contributed by atoms with Crippen LogP contribution in [0.4, 0.5) is 4.39 Å². The maximum Gasteiger partial charge on any atom is 0.260 e. The first-order valence-corrected chi connectivity index (χ1v) is 10.7. The van der Waals surface area contributed by atoms with Crippen molar-refractivity contribution in [2.24, 2.45) is 0 Å². The second kappa shape index (κ2) is 7.92. The molecule has 0 atom stereocenters. The maximum absolute atomic E-state index is 13.3. The van der Waals surface area contributed by atoms with Crippen molar-refractivity contribution in [3.63, 3.8) is 0 Å². The van der Waals surface area contributed by atoms with Crippen LogP contribution in [-0.4, -0.2) is 19.5 Å². The number of imidazole rings is 1. The van der Waals surface area contributed by atoms with Crippen molar-refractivity contribution in [2.45, 2.75) is 19.9 Å². The average Bonchev–Trinajstić information content (AvgIpc) is 3.33. The van der Waals surface area contributed by atoms with Crippen LogP contribution in [0.5, 0.6) is 0 Å². The highest BCUT2D eigenvalue weighted by molar-refractivity contribution is 7.19. The fourth-order valence-corrected chi connectivity index (χ4v) is 4.86. The van der Waals surface area contributed by atoms with Gasteiger partial charge in [-0.05, 0) is 30.2 Å². The Kier molecular flexibility index (Phi) is 4.95. The quantitative estimate of drug-likeness (QED) is 0.430. The zero-order valence-electron chi connectivity index (χ0n) is 16.8. The highest BCUT2D eigenvalue weighted by Crippen LogP contribution is 2.35. The first-order chi connectivity index (χ1) is 15.1. The van der Waals surface area contributed by atoms with Crippen LogP contribution in [0.1, 0.15) is 22.1 Å². The van der Waals surface area contributed by atoms with Gasteiger partial charge in [-0.1, -0.05) is 42.5 Å².